The molecule has 1 aromatic heterocycles. The Kier molecular flexibility index (Phi) is 10.1. The summed E-state index contributed by atoms with van der Waals surface area (Å²) in [6, 6.07) is 22.7. The minimum absolute atomic E-state index is 0.00809. The van der Waals surface area contributed by atoms with E-state index in [1.165, 1.54) is 0 Å². The molecule has 194 valence electrons. The zero-order valence-corrected chi connectivity index (χ0v) is 22.2. The van der Waals surface area contributed by atoms with Crippen LogP contribution in [-0.2, 0) is 17.8 Å². The summed E-state index contributed by atoms with van der Waals surface area (Å²) in [7, 11) is 0. The van der Waals surface area contributed by atoms with Crippen LogP contribution in [0.25, 0.3) is 11.0 Å². The standard InChI is InChI=1S/C29H31Cl2N3O3/c30-22-14-16-23(17-15-22)37-21-29(35)32-18-7-1-2-13-28-33-25-10-4-5-11-26(25)34(28)19-8-20-36-27-12-6-3-9-24(27)31/h3-6,9-12,14-17H,1-2,7-8,13,18-21H2,(H,32,35). The Bertz CT molecular complexity index is 1290. The van der Waals surface area contributed by atoms with Crippen molar-refractivity contribution in [3.05, 3.63) is 88.7 Å². The summed E-state index contributed by atoms with van der Waals surface area (Å²) in [5, 5.41) is 4.17. The number of aromatic nitrogens is 2. The van der Waals surface area contributed by atoms with Gasteiger partial charge in [0.1, 0.15) is 17.3 Å². The van der Waals surface area contributed by atoms with E-state index in [-0.39, 0.29) is 12.5 Å². The molecule has 0 saturated carbocycles. The first-order chi connectivity index (χ1) is 18.1. The molecule has 8 heteroatoms. The van der Waals surface area contributed by atoms with Crippen LogP contribution in [0.1, 0.15) is 31.5 Å². The third-order valence-electron chi connectivity index (χ3n) is 5.94. The molecule has 4 aromatic rings. The zero-order chi connectivity index (χ0) is 25.9. The summed E-state index contributed by atoms with van der Waals surface area (Å²) in [6.07, 6.45) is 4.63. The number of hydrogen-bond donors (Lipinski definition) is 1. The van der Waals surface area contributed by atoms with Gasteiger partial charge in [-0.1, -0.05) is 53.9 Å². The maximum Gasteiger partial charge on any atom is 0.257 e. The number of ether oxygens (including phenoxy) is 2. The maximum absolute atomic E-state index is 12.0. The predicted octanol–water partition coefficient (Wildman–Crippen LogP) is 6.72. The van der Waals surface area contributed by atoms with Crippen LogP contribution in [0.5, 0.6) is 11.5 Å². The second-order valence-electron chi connectivity index (χ2n) is 8.70. The van der Waals surface area contributed by atoms with Gasteiger partial charge in [-0.3, -0.25) is 4.79 Å². The van der Waals surface area contributed by atoms with E-state index in [9.17, 15) is 4.79 Å². The van der Waals surface area contributed by atoms with Crippen molar-refractivity contribution in [2.24, 2.45) is 0 Å². The summed E-state index contributed by atoms with van der Waals surface area (Å²) >= 11 is 12.0. The highest BCUT2D eigenvalue weighted by molar-refractivity contribution is 6.32. The smallest absolute Gasteiger partial charge is 0.257 e. The van der Waals surface area contributed by atoms with Gasteiger partial charge in [0.05, 0.1) is 22.7 Å². The quantitative estimate of drug-likeness (QED) is 0.180. The molecular formula is C29H31Cl2N3O3. The van der Waals surface area contributed by atoms with Crippen molar-refractivity contribution in [1.29, 1.82) is 0 Å². The molecule has 0 unspecified atom stereocenters. The Morgan fingerprint density at radius 2 is 1.65 bits per heavy atom. The molecule has 0 aliphatic carbocycles. The zero-order valence-electron chi connectivity index (χ0n) is 20.7. The summed E-state index contributed by atoms with van der Waals surface area (Å²) < 4.78 is 13.6. The fourth-order valence-corrected chi connectivity index (χ4v) is 4.39. The molecule has 0 radical (unpaired) electrons. The van der Waals surface area contributed by atoms with E-state index in [0.29, 0.717) is 34.7 Å². The van der Waals surface area contributed by atoms with Crippen LogP contribution >= 0.6 is 23.2 Å². The lowest BCUT2D eigenvalue weighted by molar-refractivity contribution is -0.123. The van der Waals surface area contributed by atoms with Gasteiger partial charge in [0.2, 0.25) is 0 Å². The molecule has 6 nitrogen and oxygen atoms in total. The number of amides is 1. The molecule has 1 N–H and O–H groups in total. The van der Waals surface area contributed by atoms with Crippen LogP contribution in [0.3, 0.4) is 0 Å². The number of imidazole rings is 1. The van der Waals surface area contributed by atoms with Gasteiger partial charge in [-0.2, -0.15) is 0 Å². The average Bonchev–Trinajstić information content (AvgIpc) is 3.26. The molecule has 0 aliphatic heterocycles. The fraction of sp³-hybridized carbons (Fsp3) is 0.310. The topological polar surface area (TPSA) is 65.4 Å². The first-order valence-corrected chi connectivity index (χ1v) is 13.3. The van der Waals surface area contributed by atoms with Gasteiger partial charge in [-0.15, -0.1) is 0 Å². The van der Waals surface area contributed by atoms with Crippen molar-refractivity contribution in [1.82, 2.24) is 14.9 Å². The number of fused-ring (bicyclic) bond motifs is 1. The van der Waals surface area contributed by atoms with E-state index >= 15 is 0 Å². The number of para-hydroxylation sites is 3. The number of halogens is 2. The van der Waals surface area contributed by atoms with Gasteiger partial charge in [-0.25, -0.2) is 4.98 Å². The average molecular weight is 540 g/mol. The molecule has 0 bridgehead atoms. The van der Waals surface area contributed by atoms with Crippen molar-refractivity contribution in [2.45, 2.75) is 38.6 Å². The molecular weight excluding hydrogens is 509 g/mol. The number of benzene rings is 3. The molecule has 0 spiro atoms. The summed E-state index contributed by atoms with van der Waals surface area (Å²) in [5.41, 5.74) is 2.15. The normalized spacial score (nSPS) is 11.0. The molecule has 3 aromatic carbocycles. The van der Waals surface area contributed by atoms with E-state index in [1.807, 2.05) is 36.4 Å². The fourth-order valence-electron chi connectivity index (χ4n) is 4.08. The van der Waals surface area contributed by atoms with Crippen LogP contribution < -0.4 is 14.8 Å². The molecule has 0 aliphatic rings. The summed E-state index contributed by atoms with van der Waals surface area (Å²) in [4.78, 5) is 16.9. The van der Waals surface area contributed by atoms with Crippen LogP contribution in [0.2, 0.25) is 10.0 Å². The number of carbonyl (C=O) groups excluding carboxylic acids is 1. The second kappa shape index (κ2) is 13.9. The molecule has 37 heavy (non-hydrogen) atoms. The Hall–Kier alpha value is -3.22. The highest BCUT2D eigenvalue weighted by atomic mass is 35.5. The van der Waals surface area contributed by atoms with Crippen molar-refractivity contribution >= 4 is 40.1 Å². The number of aryl methyl sites for hydroxylation is 2. The lowest BCUT2D eigenvalue weighted by Gasteiger charge is -2.11. The summed E-state index contributed by atoms with van der Waals surface area (Å²) in [6.45, 7) is 2.02. The van der Waals surface area contributed by atoms with E-state index in [0.717, 1.165) is 55.5 Å². The van der Waals surface area contributed by atoms with E-state index in [4.69, 9.17) is 37.7 Å². The number of hydrogen-bond acceptors (Lipinski definition) is 4. The van der Waals surface area contributed by atoms with Gasteiger partial charge < -0.3 is 19.4 Å². The predicted molar refractivity (Wildman–Crippen MR) is 149 cm³/mol. The minimum Gasteiger partial charge on any atom is -0.492 e. The molecule has 1 amide bonds. The summed E-state index contributed by atoms with van der Waals surface area (Å²) in [5.74, 6) is 2.29. The Labute approximate surface area is 227 Å². The van der Waals surface area contributed by atoms with Crippen molar-refractivity contribution < 1.29 is 14.3 Å². The first-order valence-electron chi connectivity index (χ1n) is 12.6. The molecule has 0 atom stereocenters. The van der Waals surface area contributed by atoms with Crippen LogP contribution in [-0.4, -0.2) is 35.2 Å². The number of carbonyl (C=O) groups is 1. The van der Waals surface area contributed by atoms with E-state index < -0.39 is 0 Å². The van der Waals surface area contributed by atoms with Gasteiger partial charge in [-0.05, 0) is 67.8 Å². The van der Waals surface area contributed by atoms with E-state index in [2.05, 4.69) is 22.0 Å². The maximum atomic E-state index is 12.0. The first kappa shape index (κ1) is 26.8. The lowest BCUT2D eigenvalue weighted by atomic mass is 10.2. The Morgan fingerprint density at radius 1 is 0.865 bits per heavy atom. The lowest BCUT2D eigenvalue weighted by Crippen LogP contribution is -2.29. The molecule has 4 rings (SSSR count). The number of unbranched alkanes of at least 4 members (excludes halogenated alkanes) is 2. The van der Waals surface area contributed by atoms with Crippen LogP contribution in [0.4, 0.5) is 0 Å². The third kappa shape index (κ3) is 8.14. The Morgan fingerprint density at radius 3 is 2.49 bits per heavy atom. The van der Waals surface area contributed by atoms with Gasteiger partial charge in [0.25, 0.3) is 5.91 Å². The van der Waals surface area contributed by atoms with Crippen molar-refractivity contribution in [3.8, 4) is 11.5 Å². The van der Waals surface area contributed by atoms with Gasteiger partial charge in [0, 0.05) is 24.5 Å². The van der Waals surface area contributed by atoms with E-state index in [1.54, 1.807) is 24.3 Å². The molecule has 0 fully saturated rings. The molecule has 0 saturated heterocycles. The second-order valence-corrected chi connectivity index (χ2v) is 9.55. The SMILES string of the molecule is O=C(COc1ccc(Cl)cc1)NCCCCCc1nc2ccccc2n1CCCOc1ccccc1Cl. The minimum atomic E-state index is -0.129. The number of rotatable bonds is 14. The number of nitrogens with zero attached hydrogens (tertiary/aromatic N) is 2. The van der Waals surface area contributed by atoms with Gasteiger partial charge in [0.15, 0.2) is 6.61 Å². The number of nitrogens with one attached hydrogen (secondary N) is 1. The van der Waals surface area contributed by atoms with Gasteiger partial charge >= 0.3 is 0 Å². The van der Waals surface area contributed by atoms with Crippen molar-refractivity contribution in [2.75, 3.05) is 19.8 Å². The monoisotopic (exact) mass is 539 g/mol. The largest absolute Gasteiger partial charge is 0.492 e. The third-order valence-corrected chi connectivity index (χ3v) is 6.50. The molecule has 1 heterocycles. The van der Waals surface area contributed by atoms with Crippen LogP contribution in [0.15, 0.2) is 72.8 Å². The van der Waals surface area contributed by atoms with Crippen LogP contribution in [0, 0.1) is 0 Å². The van der Waals surface area contributed by atoms with Crippen molar-refractivity contribution in [3.63, 3.8) is 0 Å². The Balaban J connectivity index is 1.18. The highest BCUT2D eigenvalue weighted by Gasteiger charge is 2.11. The highest BCUT2D eigenvalue weighted by Crippen LogP contribution is 2.24.